The number of rotatable bonds is 7. The Labute approximate surface area is 143 Å². The zero-order chi connectivity index (χ0) is 17.6. The van der Waals surface area contributed by atoms with Crippen LogP contribution in [0.3, 0.4) is 0 Å². The molecule has 1 aliphatic rings. The number of hydrogen-bond donors (Lipinski definition) is 2. The molecule has 1 heterocycles. The number of carbonyl (C=O) groups is 2. The summed E-state index contributed by atoms with van der Waals surface area (Å²) in [5.41, 5.74) is -0.370. The fourth-order valence-corrected chi connectivity index (χ4v) is 3.37. The molecule has 1 fully saturated rings. The van der Waals surface area contributed by atoms with Crippen LogP contribution in [-0.2, 0) is 19.7 Å². The molecule has 1 aromatic rings. The highest BCUT2D eigenvalue weighted by atomic mass is 16.5. The molecule has 5 heteroatoms. The van der Waals surface area contributed by atoms with E-state index in [1.165, 1.54) is 0 Å². The molecule has 0 saturated carbocycles. The summed E-state index contributed by atoms with van der Waals surface area (Å²) in [6, 6.07) is 9.14. The number of benzene rings is 1. The minimum absolute atomic E-state index is 0.0723. The molecule has 0 spiro atoms. The van der Waals surface area contributed by atoms with Crippen LogP contribution in [0.1, 0.15) is 38.7 Å². The number of carboxylic acids is 1. The van der Waals surface area contributed by atoms with E-state index in [1.807, 2.05) is 44.2 Å². The van der Waals surface area contributed by atoms with Gasteiger partial charge in [0.05, 0.1) is 0 Å². The summed E-state index contributed by atoms with van der Waals surface area (Å²) >= 11 is 0. The SMILES string of the molecule is CCC(CNC(=O)C(C)C1CCOCC1)(C(=O)O)c1ccccc1. The van der Waals surface area contributed by atoms with Crippen molar-refractivity contribution in [2.24, 2.45) is 11.8 Å². The minimum atomic E-state index is -1.09. The lowest BCUT2D eigenvalue weighted by molar-refractivity contribution is -0.144. The molecule has 2 rings (SSSR count). The number of hydrogen-bond acceptors (Lipinski definition) is 3. The average Bonchev–Trinajstić information content (AvgIpc) is 2.63. The summed E-state index contributed by atoms with van der Waals surface area (Å²) in [5, 5.41) is 12.7. The summed E-state index contributed by atoms with van der Waals surface area (Å²) < 4.78 is 5.34. The Hall–Kier alpha value is -1.88. The lowest BCUT2D eigenvalue weighted by Crippen LogP contribution is -2.48. The van der Waals surface area contributed by atoms with Gasteiger partial charge >= 0.3 is 5.97 Å². The van der Waals surface area contributed by atoms with Gasteiger partial charge in [-0.3, -0.25) is 9.59 Å². The van der Waals surface area contributed by atoms with Crippen LogP contribution >= 0.6 is 0 Å². The number of carbonyl (C=O) groups excluding carboxylic acids is 1. The number of nitrogens with one attached hydrogen (secondary N) is 1. The van der Waals surface area contributed by atoms with Crippen molar-refractivity contribution in [2.75, 3.05) is 19.8 Å². The molecule has 5 nitrogen and oxygen atoms in total. The Morgan fingerprint density at radius 2 is 1.92 bits per heavy atom. The summed E-state index contributed by atoms with van der Waals surface area (Å²) in [6.07, 6.45) is 2.18. The van der Waals surface area contributed by atoms with Gasteiger partial charge in [0.25, 0.3) is 0 Å². The highest BCUT2D eigenvalue weighted by molar-refractivity contribution is 5.84. The molecule has 0 aliphatic carbocycles. The van der Waals surface area contributed by atoms with E-state index in [4.69, 9.17) is 4.74 Å². The Bertz CT molecular complexity index is 554. The normalized spacial score (nSPS) is 19.2. The molecule has 0 radical (unpaired) electrons. The fourth-order valence-electron chi connectivity index (χ4n) is 3.37. The first-order valence-electron chi connectivity index (χ1n) is 8.65. The Morgan fingerprint density at radius 1 is 1.29 bits per heavy atom. The molecule has 132 valence electrons. The number of amides is 1. The zero-order valence-corrected chi connectivity index (χ0v) is 14.5. The van der Waals surface area contributed by atoms with Crippen molar-refractivity contribution in [3.8, 4) is 0 Å². The van der Waals surface area contributed by atoms with Crippen molar-refractivity contribution in [2.45, 2.75) is 38.5 Å². The van der Waals surface area contributed by atoms with E-state index in [0.29, 0.717) is 25.6 Å². The van der Waals surface area contributed by atoms with Crippen molar-refractivity contribution >= 4 is 11.9 Å². The smallest absolute Gasteiger partial charge is 0.315 e. The molecule has 2 atom stereocenters. The van der Waals surface area contributed by atoms with Gasteiger partial charge in [0.2, 0.25) is 5.91 Å². The van der Waals surface area contributed by atoms with Crippen molar-refractivity contribution in [1.29, 1.82) is 0 Å². The van der Waals surface area contributed by atoms with E-state index in [-0.39, 0.29) is 18.4 Å². The van der Waals surface area contributed by atoms with Crippen LogP contribution in [0.4, 0.5) is 0 Å². The predicted octanol–water partition coefficient (Wildman–Crippen LogP) is 2.60. The van der Waals surface area contributed by atoms with E-state index in [1.54, 1.807) is 0 Å². The second kappa shape index (κ2) is 8.29. The van der Waals surface area contributed by atoms with Crippen molar-refractivity contribution in [3.63, 3.8) is 0 Å². The topological polar surface area (TPSA) is 75.6 Å². The summed E-state index contributed by atoms with van der Waals surface area (Å²) in [4.78, 5) is 24.5. The van der Waals surface area contributed by atoms with Gasteiger partial charge in [0.1, 0.15) is 5.41 Å². The van der Waals surface area contributed by atoms with Crippen LogP contribution in [0.2, 0.25) is 0 Å². The summed E-state index contributed by atoms with van der Waals surface area (Å²) in [7, 11) is 0. The molecule has 1 aromatic carbocycles. The lowest BCUT2D eigenvalue weighted by atomic mass is 9.77. The van der Waals surface area contributed by atoms with Crippen molar-refractivity contribution in [3.05, 3.63) is 35.9 Å². The van der Waals surface area contributed by atoms with Gasteiger partial charge < -0.3 is 15.2 Å². The monoisotopic (exact) mass is 333 g/mol. The van der Waals surface area contributed by atoms with Gasteiger partial charge in [0, 0.05) is 25.7 Å². The molecule has 2 unspecified atom stereocenters. The molecule has 0 aromatic heterocycles. The quantitative estimate of drug-likeness (QED) is 0.804. The highest BCUT2D eigenvalue weighted by Gasteiger charge is 2.39. The van der Waals surface area contributed by atoms with Crippen LogP contribution in [0.15, 0.2) is 30.3 Å². The van der Waals surface area contributed by atoms with Gasteiger partial charge in [-0.25, -0.2) is 0 Å². The maximum absolute atomic E-state index is 12.5. The van der Waals surface area contributed by atoms with Gasteiger partial charge in [-0.05, 0) is 30.7 Å². The fraction of sp³-hybridized carbons (Fsp3) is 0.579. The van der Waals surface area contributed by atoms with Gasteiger partial charge in [-0.2, -0.15) is 0 Å². The predicted molar refractivity (Wildman–Crippen MR) is 91.8 cm³/mol. The summed E-state index contributed by atoms with van der Waals surface area (Å²) in [5.74, 6) is -0.809. The number of aliphatic carboxylic acids is 1. The van der Waals surface area contributed by atoms with Crippen LogP contribution in [0.5, 0.6) is 0 Å². The zero-order valence-electron chi connectivity index (χ0n) is 14.5. The van der Waals surface area contributed by atoms with E-state index in [0.717, 1.165) is 18.4 Å². The molecule has 24 heavy (non-hydrogen) atoms. The van der Waals surface area contributed by atoms with Crippen LogP contribution < -0.4 is 5.32 Å². The summed E-state index contributed by atoms with van der Waals surface area (Å²) in [6.45, 7) is 5.26. The maximum Gasteiger partial charge on any atom is 0.315 e. The second-order valence-corrected chi connectivity index (χ2v) is 6.56. The van der Waals surface area contributed by atoms with Crippen LogP contribution in [0.25, 0.3) is 0 Å². The third kappa shape index (κ3) is 3.96. The van der Waals surface area contributed by atoms with E-state index >= 15 is 0 Å². The lowest BCUT2D eigenvalue weighted by Gasteiger charge is -2.31. The molecule has 0 bridgehead atoms. The molecule has 1 amide bonds. The largest absolute Gasteiger partial charge is 0.481 e. The van der Waals surface area contributed by atoms with Gasteiger partial charge in [-0.15, -0.1) is 0 Å². The van der Waals surface area contributed by atoms with Crippen LogP contribution in [-0.4, -0.2) is 36.7 Å². The third-order valence-corrected chi connectivity index (χ3v) is 5.29. The van der Waals surface area contributed by atoms with E-state index in [9.17, 15) is 14.7 Å². The third-order valence-electron chi connectivity index (χ3n) is 5.29. The Kier molecular flexibility index (Phi) is 6.37. The van der Waals surface area contributed by atoms with Crippen LogP contribution in [0, 0.1) is 11.8 Å². The molecule has 1 saturated heterocycles. The molecular formula is C19H27NO4. The molecular weight excluding hydrogens is 306 g/mol. The first kappa shape index (κ1) is 18.5. The second-order valence-electron chi connectivity index (χ2n) is 6.56. The maximum atomic E-state index is 12.5. The van der Waals surface area contributed by atoms with Crippen molar-refractivity contribution < 1.29 is 19.4 Å². The first-order valence-corrected chi connectivity index (χ1v) is 8.65. The number of ether oxygens (including phenoxy) is 1. The van der Waals surface area contributed by atoms with E-state index < -0.39 is 11.4 Å². The standard InChI is InChI=1S/C19H27NO4/c1-3-19(18(22)23,16-7-5-4-6-8-16)13-20-17(21)14(2)15-9-11-24-12-10-15/h4-8,14-15H,3,9-13H2,1-2H3,(H,20,21)(H,22,23). The molecule has 1 aliphatic heterocycles. The Balaban J connectivity index is 2.07. The molecule has 2 N–H and O–H groups in total. The van der Waals surface area contributed by atoms with E-state index in [2.05, 4.69) is 5.32 Å². The Morgan fingerprint density at radius 3 is 2.46 bits per heavy atom. The van der Waals surface area contributed by atoms with Gasteiger partial charge in [-0.1, -0.05) is 44.2 Å². The number of carboxylic acid groups (broad SMARTS) is 1. The minimum Gasteiger partial charge on any atom is -0.481 e. The van der Waals surface area contributed by atoms with Gasteiger partial charge in [0.15, 0.2) is 0 Å². The highest BCUT2D eigenvalue weighted by Crippen LogP contribution is 2.29. The first-order chi connectivity index (χ1) is 11.5. The van der Waals surface area contributed by atoms with Crippen molar-refractivity contribution in [1.82, 2.24) is 5.32 Å². The average molecular weight is 333 g/mol.